The van der Waals surface area contributed by atoms with Crippen LogP contribution < -0.4 is 5.32 Å². The molecule has 76 valence electrons. The van der Waals surface area contributed by atoms with Crippen molar-refractivity contribution in [1.29, 1.82) is 0 Å². The molecule has 4 heteroatoms. The van der Waals surface area contributed by atoms with Gasteiger partial charge in [0.2, 0.25) is 0 Å². The molecule has 0 atom stereocenters. The third kappa shape index (κ3) is 1.34. The fourth-order valence-electron chi connectivity index (χ4n) is 1.89. The minimum absolute atomic E-state index is 0.234. The largest absolute Gasteiger partial charge is 0.307 e. The summed E-state index contributed by atoms with van der Waals surface area (Å²) < 4.78 is 14.8. The summed E-state index contributed by atoms with van der Waals surface area (Å²) in [6, 6.07) is 6.48. The second-order valence-corrected chi connectivity index (χ2v) is 3.61. The number of nitrogens with zero attached hydrogens (tertiary/aromatic N) is 2. The molecule has 1 N–H and O–H groups in total. The van der Waals surface area contributed by atoms with E-state index in [1.807, 2.05) is 12.3 Å². The van der Waals surface area contributed by atoms with Crippen molar-refractivity contribution in [1.82, 2.24) is 15.1 Å². The van der Waals surface area contributed by atoms with Crippen molar-refractivity contribution in [2.75, 3.05) is 0 Å². The lowest BCUT2D eigenvalue weighted by Gasteiger charge is -2.04. The summed E-state index contributed by atoms with van der Waals surface area (Å²) in [7, 11) is 0. The molecular weight excluding hydrogens is 193 g/mol. The van der Waals surface area contributed by atoms with Crippen LogP contribution in [0, 0.1) is 5.82 Å². The van der Waals surface area contributed by atoms with Crippen molar-refractivity contribution in [2.24, 2.45) is 0 Å². The maximum atomic E-state index is 13.1. The molecule has 0 bridgehead atoms. The average Bonchev–Trinajstić information content (AvgIpc) is 2.77. The lowest BCUT2D eigenvalue weighted by atomic mass is 10.2. The van der Waals surface area contributed by atoms with Gasteiger partial charge in [0.15, 0.2) is 0 Å². The minimum atomic E-state index is -0.234. The van der Waals surface area contributed by atoms with Crippen molar-refractivity contribution in [3.8, 4) is 5.69 Å². The van der Waals surface area contributed by atoms with E-state index in [0.29, 0.717) is 0 Å². The van der Waals surface area contributed by atoms with E-state index in [0.717, 1.165) is 24.5 Å². The lowest BCUT2D eigenvalue weighted by molar-refractivity contribution is 0.624. The SMILES string of the molecule is Fc1cccc(-n2ncc3c2CNC3)c1. The average molecular weight is 203 g/mol. The summed E-state index contributed by atoms with van der Waals surface area (Å²) in [5, 5.41) is 7.50. The molecule has 0 saturated carbocycles. The molecule has 0 spiro atoms. The summed E-state index contributed by atoms with van der Waals surface area (Å²) in [4.78, 5) is 0. The maximum Gasteiger partial charge on any atom is 0.125 e. The number of benzene rings is 1. The summed E-state index contributed by atoms with van der Waals surface area (Å²) in [5.74, 6) is -0.234. The van der Waals surface area contributed by atoms with Crippen LogP contribution in [0.25, 0.3) is 5.69 Å². The summed E-state index contributed by atoms with van der Waals surface area (Å²) >= 11 is 0. The van der Waals surface area contributed by atoms with E-state index in [1.165, 1.54) is 17.7 Å². The highest BCUT2D eigenvalue weighted by molar-refractivity contribution is 5.36. The van der Waals surface area contributed by atoms with Crippen molar-refractivity contribution >= 4 is 0 Å². The zero-order valence-corrected chi connectivity index (χ0v) is 8.07. The number of rotatable bonds is 1. The number of nitrogens with one attached hydrogen (secondary N) is 1. The molecule has 3 nitrogen and oxygen atoms in total. The summed E-state index contributed by atoms with van der Waals surface area (Å²) in [5.41, 5.74) is 3.10. The van der Waals surface area contributed by atoms with E-state index in [9.17, 15) is 4.39 Å². The third-order valence-corrected chi connectivity index (χ3v) is 2.62. The Morgan fingerprint density at radius 3 is 3.13 bits per heavy atom. The molecule has 1 aromatic carbocycles. The molecule has 0 saturated heterocycles. The Kier molecular flexibility index (Phi) is 1.82. The Hall–Kier alpha value is -1.68. The van der Waals surface area contributed by atoms with Gasteiger partial charge in [-0.25, -0.2) is 9.07 Å². The second-order valence-electron chi connectivity index (χ2n) is 3.61. The zero-order chi connectivity index (χ0) is 10.3. The van der Waals surface area contributed by atoms with E-state index < -0.39 is 0 Å². The molecule has 0 unspecified atom stereocenters. The Morgan fingerprint density at radius 2 is 2.27 bits per heavy atom. The first-order valence-electron chi connectivity index (χ1n) is 4.87. The van der Waals surface area contributed by atoms with Gasteiger partial charge in [-0.05, 0) is 18.2 Å². The molecule has 1 aromatic heterocycles. The predicted molar refractivity (Wildman–Crippen MR) is 54.1 cm³/mol. The molecule has 1 aliphatic heterocycles. The van der Waals surface area contributed by atoms with E-state index >= 15 is 0 Å². The van der Waals surface area contributed by atoms with E-state index in [-0.39, 0.29) is 5.82 Å². The van der Waals surface area contributed by atoms with Crippen molar-refractivity contribution in [3.63, 3.8) is 0 Å². The number of hydrogen-bond donors (Lipinski definition) is 1. The van der Waals surface area contributed by atoms with Crippen LogP contribution in [0.4, 0.5) is 4.39 Å². The van der Waals surface area contributed by atoms with Crippen molar-refractivity contribution in [2.45, 2.75) is 13.1 Å². The Bertz CT molecular complexity index is 504. The molecule has 0 aliphatic carbocycles. The lowest BCUT2D eigenvalue weighted by Crippen LogP contribution is -2.07. The van der Waals surface area contributed by atoms with E-state index in [4.69, 9.17) is 0 Å². The van der Waals surface area contributed by atoms with Gasteiger partial charge in [-0.2, -0.15) is 5.10 Å². The highest BCUT2D eigenvalue weighted by atomic mass is 19.1. The van der Waals surface area contributed by atoms with Gasteiger partial charge in [0.1, 0.15) is 5.82 Å². The highest BCUT2D eigenvalue weighted by Gasteiger charge is 2.16. The second kappa shape index (κ2) is 3.17. The van der Waals surface area contributed by atoms with Crippen LogP contribution in [0.2, 0.25) is 0 Å². The maximum absolute atomic E-state index is 13.1. The molecule has 2 heterocycles. The van der Waals surface area contributed by atoms with Gasteiger partial charge in [0.05, 0.1) is 17.6 Å². The molecule has 3 rings (SSSR count). The first kappa shape index (κ1) is 8.61. The Labute approximate surface area is 86.5 Å². The molecule has 15 heavy (non-hydrogen) atoms. The molecule has 2 aromatic rings. The Morgan fingerprint density at radius 1 is 1.33 bits per heavy atom. The van der Waals surface area contributed by atoms with Gasteiger partial charge in [-0.1, -0.05) is 6.07 Å². The molecule has 0 fully saturated rings. The smallest absolute Gasteiger partial charge is 0.125 e. The molecule has 0 amide bonds. The number of aromatic nitrogens is 2. The first-order chi connectivity index (χ1) is 7.34. The van der Waals surface area contributed by atoms with Crippen LogP contribution in [-0.4, -0.2) is 9.78 Å². The van der Waals surface area contributed by atoms with Crippen LogP contribution >= 0.6 is 0 Å². The van der Waals surface area contributed by atoms with Crippen LogP contribution in [0.5, 0.6) is 0 Å². The molecule has 0 radical (unpaired) electrons. The van der Waals surface area contributed by atoms with Gasteiger partial charge < -0.3 is 5.32 Å². The van der Waals surface area contributed by atoms with Crippen LogP contribution in [0.3, 0.4) is 0 Å². The summed E-state index contributed by atoms with van der Waals surface area (Å²) in [6.07, 6.45) is 1.83. The molecule has 1 aliphatic rings. The van der Waals surface area contributed by atoms with Gasteiger partial charge in [-0.3, -0.25) is 0 Å². The zero-order valence-electron chi connectivity index (χ0n) is 8.07. The van der Waals surface area contributed by atoms with E-state index in [1.54, 1.807) is 10.7 Å². The van der Waals surface area contributed by atoms with Gasteiger partial charge >= 0.3 is 0 Å². The monoisotopic (exact) mass is 203 g/mol. The van der Waals surface area contributed by atoms with E-state index in [2.05, 4.69) is 10.4 Å². The number of hydrogen-bond acceptors (Lipinski definition) is 2. The summed E-state index contributed by atoms with van der Waals surface area (Å²) in [6.45, 7) is 1.65. The van der Waals surface area contributed by atoms with Crippen molar-refractivity contribution in [3.05, 3.63) is 47.5 Å². The fraction of sp³-hybridized carbons (Fsp3) is 0.182. The predicted octanol–water partition coefficient (Wildman–Crippen LogP) is 1.61. The van der Waals surface area contributed by atoms with Crippen LogP contribution in [0.15, 0.2) is 30.5 Å². The topological polar surface area (TPSA) is 29.9 Å². The van der Waals surface area contributed by atoms with Gasteiger partial charge in [-0.15, -0.1) is 0 Å². The minimum Gasteiger partial charge on any atom is -0.307 e. The fourth-order valence-corrected chi connectivity index (χ4v) is 1.89. The van der Waals surface area contributed by atoms with Gasteiger partial charge in [0, 0.05) is 18.7 Å². The number of halogens is 1. The first-order valence-corrected chi connectivity index (χ1v) is 4.87. The molecular formula is C11H10FN3. The normalized spacial score (nSPS) is 14.2. The van der Waals surface area contributed by atoms with Crippen LogP contribution in [0.1, 0.15) is 11.3 Å². The standard InChI is InChI=1S/C11H10FN3/c12-9-2-1-3-10(4-9)15-11-7-13-5-8(11)6-14-15/h1-4,6,13H,5,7H2. The number of fused-ring (bicyclic) bond motifs is 1. The van der Waals surface area contributed by atoms with Crippen LogP contribution in [-0.2, 0) is 13.1 Å². The Balaban J connectivity index is 2.13. The third-order valence-electron chi connectivity index (χ3n) is 2.62. The quantitative estimate of drug-likeness (QED) is 0.763. The highest BCUT2D eigenvalue weighted by Crippen LogP contribution is 2.19. The van der Waals surface area contributed by atoms with Gasteiger partial charge in [0.25, 0.3) is 0 Å². The van der Waals surface area contributed by atoms with Crippen molar-refractivity contribution < 1.29 is 4.39 Å².